The SMILES string of the molecule is CC(=NO)c1c2c(c(O)c3c1OCO3)C[NH+](C)CC2. The summed E-state index contributed by atoms with van der Waals surface area (Å²) < 4.78 is 10.8. The minimum Gasteiger partial charge on any atom is -0.504 e. The minimum absolute atomic E-state index is 0.0835. The van der Waals surface area contributed by atoms with Crippen LogP contribution in [0.15, 0.2) is 5.16 Å². The molecule has 2 heterocycles. The molecule has 1 aromatic carbocycles. The van der Waals surface area contributed by atoms with Crippen molar-refractivity contribution in [1.29, 1.82) is 0 Å². The molecule has 0 saturated carbocycles. The van der Waals surface area contributed by atoms with Gasteiger partial charge in [-0.1, -0.05) is 5.16 Å². The molecule has 0 aliphatic carbocycles. The van der Waals surface area contributed by atoms with Crippen LogP contribution < -0.4 is 14.4 Å². The van der Waals surface area contributed by atoms with Crippen molar-refractivity contribution >= 4 is 5.71 Å². The van der Waals surface area contributed by atoms with Gasteiger partial charge < -0.3 is 24.7 Å². The molecule has 6 heteroatoms. The summed E-state index contributed by atoms with van der Waals surface area (Å²) in [6.45, 7) is 3.50. The Balaban J connectivity index is 2.29. The van der Waals surface area contributed by atoms with Crippen LogP contribution in [0.2, 0.25) is 0 Å². The number of aromatic hydroxyl groups is 1. The van der Waals surface area contributed by atoms with Crippen molar-refractivity contribution < 1.29 is 24.7 Å². The Bertz CT molecular complexity index is 568. The fraction of sp³-hybridized carbons (Fsp3) is 0.462. The van der Waals surface area contributed by atoms with E-state index in [0.717, 1.165) is 36.2 Å². The van der Waals surface area contributed by atoms with Crippen molar-refractivity contribution in [3.63, 3.8) is 0 Å². The Morgan fingerprint density at radius 3 is 2.74 bits per heavy atom. The molecule has 0 bridgehead atoms. The largest absolute Gasteiger partial charge is 0.504 e. The summed E-state index contributed by atoms with van der Waals surface area (Å²) in [5, 5.41) is 22.7. The van der Waals surface area contributed by atoms with Gasteiger partial charge in [0, 0.05) is 12.0 Å². The molecule has 102 valence electrons. The van der Waals surface area contributed by atoms with Gasteiger partial charge in [0.05, 0.1) is 24.9 Å². The van der Waals surface area contributed by atoms with Crippen molar-refractivity contribution in [3.8, 4) is 17.2 Å². The summed E-state index contributed by atoms with van der Waals surface area (Å²) in [6.07, 6.45) is 0.813. The quantitative estimate of drug-likeness (QED) is 0.376. The van der Waals surface area contributed by atoms with Crippen molar-refractivity contribution in [2.75, 3.05) is 20.4 Å². The summed E-state index contributed by atoms with van der Waals surface area (Å²) >= 11 is 0. The maximum absolute atomic E-state index is 10.3. The maximum Gasteiger partial charge on any atom is 0.231 e. The van der Waals surface area contributed by atoms with Gasteiger partial charge in [0.2, 0.25) is 12.5 Å². The van der Waals surface area contributed by atoms with E-state index in [1.54, 1.807) is 6.92 Å². The number of rotatable bonds is 1. The smallest absolute Gasteiger partial charge is 0.231 e. The number of oxime groups is 1. The summed E-state index contributed by atoms with van der Waals surface area (Å²) in [7, 11) is 2.08. The Morgan fingerprint density at radius 1 is 1.26 bits per heavy atom. The highest BCUT2D eigenvalue weighted by atomic mass is 16.7. The number of hydrogen-bond donors (Lipinski definition) is 3. The zero-order chi connectivity index (χ0) is 13.6. The summed E-state index contributed by atoms with van der Waals surface area (Å²) in [6, 6.07) is 0. The monoisotopic (exact) mass is 265 g/mol. The number of nitrogens with zero attached hydrogens (tertiary/aromatic N) is 1. The number of likely N-dealkylation sites (N-methyl/N-ethyl adjacent to an activating group) is 1. The summed E-state index contributed by atoms with van der Waals surface area (Å²) in [5.41, 5.74) is 3.11. The van der Waals surface area contributed by atoms with Crippen molar-refractivity contribution in [1.82, 2.24) is 0 Å². The van der Waals surface area contributed by atoms with Crippen molar-refractivity contribution in [2.24, 2.45) is 5.16 Å². The fourth-order valence-corrected chi connectivity index (χ4v) is 2.84. The van der Waals surface area contributed by atoms with Crippen LogP contribution in [0.3, 0.4) is 0 Å². The first kappa shape index (κ1) is 12.1. The van der Waals surface area contributed by atoms with Crippen LogP contribution in [0.1, 0.15) is 23.6 Å². The second-order valence-electron chi connectivity index (χ2n) is 5.06. The first-order valence-corrected chi connectivity index (χ1v) is 6.30. The molecule has 2 aliphatic rings. The van der Waals surface area contributed by atoms with Gasteiger partial charge in [-0.3, -0.25) is 0 Å². The minimum atomic E-state index is 0.0835. The van der Waals surface area contributed by atoms with Gasteiger partial charge in [0.25, 0.3) is 0 Å². The molecule has 1 aromatic rings. The van der Waals surface area contributed by atoms with E-state index < -0.39 is 0 Å². The van der Waals surface area contributed by atoms with Gasteiger partial charge in [-0.15, -0.1) is 0 Å². The first-order valence-electron chi connectivity index (χ1n) is 6.30. The number of hydrogen-bond acceptors (Lipinski definition) is 5. The molecule has 0 radical (unpaired) electrons. The average molecular weight is 265 g/mol. The third kappa shape index (κ3) is 1.71. The number of benzene rings is 1. The highest BCUT2D eigenvalue weighted by Crippen LogP contribution is 2.48. The molecule has 0 aromatic heterocycles. The van der Waals surface area contributed by atoms with Crippen molar-refractivity contribution in [2.45, 2.75) is 19.9 Å². The number of nitrogens with one attached hydrogen (secondary N) is 1. The van der Waals surface area contributed by atoms with Crippen LogP contribution in [-0.2, 0) is 13.0 Å². The number of fused-ring (bicyclic) bond motifs is 2. The Labute approximate surface area is 110 Å². The lowest BCUT2D eigenvalue weighted by Gasteiger charge is -2.25. The Morgan fingerprint density at radius 2 is 2.00 bits per heavy atom. The van der Waals surface area contributed by atoms with E-state index in [2.05, 4.69) is 12.2 Å². The molecule has 0 fully saturated rings. The lowest BCUT2D eigenvalue weighted by Crippen LogP contribution is -3.08. The standard InChI is InChI=1S/C13H16N2O4/c1-7(14-17)10-8-3-4-15(2)5-9(8)11(16)13-12(10)18-6-19-13/h16-17H,3-6H2,1-2H3/p+1. The van der Waals surface area contributed by atoms with Crippen LogP contribution in [-0.4, -0.2) is 36.4 Å². The molecule has 1 atom stereocenters. The van der Waals surface area contributed by atoms with Crippen LogP contribution in [0.25, 0.3) is 0 Å². The van der Waals surface area contributed by atoms with E-state index in [1.165, 1.54) is 4.90 Å². The molecular weight excluding hydrogens is 248 g/mol. The molecular formula is C13H17N2O4+. The molecule has 1 unspecified atom stereocenters. The molecule has 0 saturated heterocycles. The van der Waals surface area contributed by atoms with E-state index in [9.17, 15) is 5.11 Å². The number of ether oxygens (including phenoxy) is 2. The van der Waals surface area contributed by atoms with Crippen LogP contribution in [0.4, 0.5) is 0 Å². The Kier molecular flexibility index (Phi) is 2.74. The third-order valence-corrected chi connectivity index (χ3v) is 3.80. The third-order valence-electron chi connectivity index (χ3n) is 3.80. The van der Waals surface area contributed by atoms with Gasteiger partial charge in [0.1, 0.15) is 6.54 Å². The zero-order valence-electron chi connectivity index (χ0n) is 11.0. The fourth-order valence-electron chi connectivity index (χ4n) is 2.84. The van der Waals surface area contributed by atoms with E-state index in [-0.39, 0.29) is 12.5 Å². The maximum atomic E-state index is 10.3. The van der Waals surface area contributed by atoms with Crippen LogP contribution in [0.5, 0.6) is 17.2 Å². The Hall–Kier alpha value is -1.95. The normalized spacial score (nSPS) is 21.4. The second-order valence-corrected chi connectivity index (χ2v) is 5.06. The van der Waals surface area contributed by atoms with Crippen LogP contribution in [0, 0.1) is 0 Å². The number of quaternary nitrogens is 1. The van der Waals surface area contributed by atoms with Gasteiger partial charge in [-0.25, -0.2) is 0 Å². The zero-order valence-corrected chi connectivity index (χ0v) is 11.0. The van der Waals surface area contributed by atoms with E-state index in [0.29, 0.717) is 17.2 Å². The van der Waals surface area contributed by atoms with Crippen molar-refractivity contribution in [3.05, 3.63) is 16.7 Å². The van der Waals surface area contributed by atoms with Gasteiger partial charge in [-0.05, 0) is 12.5 Å². The highest BCUT2D eigenvalue weighted by molar-refractivity contribution is 6.04. The van der Waals surface area contributed by atoms with E-state index >= 15 is 0 Å². The molecule has 0 amide bonds. The number of phenols is 1. The lowest BCUT2D eigenvalue weighted by molar-refractivity contribution is -0.895. The highest BCUT2D eigenvalue weighted by Gasteiger charge is 2.34. The van der Waals surface area contributed by atoms with Crippen LogP contribution >= 0.6 is 0 Å². The molecule has 3 rings (SSSR count). The molecule has 6 nitrogen and oxygen atoms in total. The lowest BCUT2D eigenvalue weighted by atomic mass is 9.90. The predicted molar refractivity (Wildman–Crippen MR) is 67.4 cm³/mol. The number of phenolic OH excluding ortho intramolecular Hbond substituents is 1. The molecule has 19 heavy (non-hydrogen) atoms. The van der Waals surface area contributed by atoms with E-state index in [1.807, 2.05) is 0 Å². The van der Waals surface area contributed by atoms with Gasteiger partial charge in [-0.2, -0.15) is 0 Å². The summed E-state index contributed by atoms with van der Waals surface area (Å²) in [4.78, 5) is 1.33. The predicted octanol–water partition coefficient (Wildman–Crippen LogP) is -0.110. The van der Waals surface area contributed by atoms with E-state index in [4.69, 9.17) is 14.7 Å². The second kappa shape index (κ2) is 4.31. The van der Waals surface area contributed by atoms with Gasteiger partial charge >= 0.3 is 0 Å². The van der Waals surface area contributed by atoms with Gasteiger partial charge in [0.15, 0.2) is 11.5 Å². The molecule has 3 N–H and O–H groups in total. The molecule has 0 spiro atoms. The topological polar surface area (TPSA) is 75.7 Å². The first-order chi connectivity index (χ1) is 9.13. The average Bonchev–Trinajstić information content (AvgIpc) is 2.88. The summed E-state index contributed by atoms with van der Waals surface area (Å²) in [5.74, 6) is 1.02. The molecule has 2 aliphatic heterocycles.